The van der Waals surface area contributed by atoms with E-state index in [1.165, 1.54) is 23.1 Å². The molecule has 0 spiro atoms. The highest BCUT2D eigenvalue weighted by molar-refractivity contribution is 6.30. The average Bonchev–Trinajstić information content (AvgIpc) is 3.01. The number of ether oxygens (including phenoxy) is 2. The van der Waals surface area contributed by atoms with Gasteiger partial charge in [-0.2, -0.15) is 0 Å². The molecule has 0 N–H and O–H groups in total. The standard InChI is InChI=1S/C20H25ClFNO5/c1-5-27-18(25)10-17(24)16-8-12(14-9-13(21)6-7-15(14)22)11-23(16)19(26)28-20(2,3)4/h6-7,9,12,16H,5,8,10-11H2,1-4H3/t12-,16?/m1/s1. The van der Waals surface area contributed by atoms with E-state index in [9.17, 15) is 18.8 Å². The highest BCUT2D eigenvalue weighted by Gasteiger charge is 2.43. The predicted molar refractivity (Wildman–Crippen MR) is 102 cm³/mol. The van der Waals surface area contributed by atoms with Crippen molar-refractivity contribution in [2.45, 2.75) is 58.1 Å². The first kappa shape index (κ1) is 22.1. The van der Waals surface area contributed by atoms with E-state index in [0.29, 0.717) is 10.6 Å². The minimum Gasteiger partial charge on any atom is -0.466 e. The van der Waals surface area contributed by atoms with Crippen LogP contribution in [-0.4, -0.2) is 47.5 Å². The van der Waals surface area contributed by atoms with Crippen molar-refractivity contribution in [3.63, 3.8) is 0 Å². The Bertz CT molecular complexity index is 761. The maximum atomic E-state index is 14.3. The van der Waals surface area contributed by atoms with Gasteiger partial charge in [0.25, 0.3) is 0 Å². The fourth-order valence-corrected chi connectivity index (χ4v) is 3.37. The van der Waals surface area contributed by atoms with E-state index in [1.54, 1.807) is 27.7 Å². The monoisotopic (exact) mass is 413 g/mol. The Morgan fingerprint density at radius 3 is 2.57 bits per heavy atom. The first-order valence-electron chi connectivity index (χ1n) is 9.14. The number of rotatable bonds is 5. The molecule has 2 atom stereocenters. The lowest BCUT2D eigenvalue weighted by Gasteiger charge is -2.27. The summed E-state index contributed by atoms with van der Waals surface area (Å²) < 4.78 is 24.5. The summed E-state index contributed by atoms with van der Waals surface area (Å²) in [6.45, 7) is 7.02. The van der Waals surface area contributed by atoms with Crippen molar-refractivity contribution in [1.82, 2.24) is 4.90 Å². The molecule has 1 saturated heterocycles. The van der Waals surface area contributed by atoms with Crippen molar-refractivity contribution in [3.05, 3.63) is 34.6 Å². The van der Waals surface area contributed by atoms with E-state index in [0.717, 1.165) is 0 Å². The van der Waals surface area contributed by atoms with Crippen molar-refractivity contribution in [2.75, 3.05) is 13.2 Å². The Balaban J connectivity index is 2.27. The number of amides is 1. The highest BCUT2D eigenvalue weighted by Crippen LogP contribution is 2.36. The average molecular weight is 414 g/mol. The molecule has 1 aromatic carbocycles. The molecule has 1 unspecified atom stereocenters. The third kappa shape index (κ3) is 5.67. The summed E-state index contributed by atoms with van der Waals surface area (Å²) in [5.41, 5.74) is -0.432. The van der Waals surface area contributed by atoms with Gasteiger partial charge in [0.1, 0.15) is 17.8 Å². The summed E-state index contributed by atoms with van der Waals surface area (Å²) in [4.78, 5) is 38.3. The summed E-state index contributed by atoms with van der Waals surface area (Å²) in [5.74, 6) is -2.03. The van der Waals surface area contributed by atoms with Crippen LogP contribution in [0.2, 0.25) is 5.02 Å². The normalized spacial score (nSPS) is 19.4. The van der Waals surface area contributed by atoms with Crippen LogP contribution in [-0.2, 0) is 19.1 Å². The van der Waals surface area contributed by atoms with Gasteiger partial charge in [-0.15, -0.1) is 0 Å². The zero-order valence-electron chi connectivity index (χ0n) is 16.5. The number of esters is 1. The van der Waals surface area contributed by atoms with Gasteiger partial charge in [0.2, 0.25) is 0 Å². The number of benzene rings is 1. The fourth-order valence-electron chi connectivity index (χ4n) is 3.19. The third-order valence-corrected chi connectivity index (χ3v) is 4.56. The SMILES string of the molecule is CCOC(=O)CC(=O)C1C[C@@H](c2cc(Cl)ccc2F)CN1C(=O)OC(C)(C)C. The Kier molecular flexibility index (Phi) is 7.04. The van der Waals surface area contributed by atoms with Crippen LogP contribution in [0.15, 0.2) is 18.2 Å². The number of halogens is 2. The lowest BCUT2D eigenvalue weighted by atomic mass is 9.94. The first-order valence-corrected chi connectivity index (χ1v) is 9.52. The predicted octanol–water partition coefficient (Wildman–Crippen LogP) is 4.09. The van der Waals surface area contributed by atoms with Gasteiger partial charge in [0.05, 0.1) is 12.6 Å². The van der Waals surface area contributed by atoms with Gasteiger partial charge >= 0.3 is 12.1 Å². The molecule has 8 heteroatoms. The van der Waals surface area contributed by atoms with Gasteiger partial charge in [0.15, 0.2) is 5.78 Å². The zero-order valence-corrected chi connectivity index (χ0v) is 17.2. The van der Waals surface area contributed by atoms with Crippen LogP contribution < -0.4 is 0 Å². The number of nitrogens with zero attached hydrogens (tertiary/aromatic N) is 1. The number of likely N-dealkylation sites (tertiary alicyclic amines) is 1. The van der Waals surface area contributed by atoms with Crippen LogP contribution in [0.4, 0.5) is 9.18 Å². The van der Waals surface area contributed by atoms with Crippen molar-refractivity contribution >= 4 is 29.4 Å². The molecular formula is C20H25ClFNO5. The maximum Gasteiger partial charge on any atom is 0.410 e. The number of hydrogen-bond acceptors (Lipinski definition) is 5. The van der Waals surface area contributed by atoms with Crippen LogP contribution in [0.3, 0.4) is 0 Å². The zero-order chi connectivity index (χ0) is 21.1. The summed E-state index contributed by atoms with van der Waals surface area (Å²) in [6.07, 6.45) is -0.961. The van der Waals surface area contributed by atoms with E-state index >= 15 is 0 Å². The molecule has 0 bridgehead atoms. The minimum absolute atomic E-state index is 0.0887. The minimum atomic E-state index is -0.900. The van der Waals surface area contributed by atoms with E-state index in [1.807, 2.05) is 0 Å². The van der Waals surface area contributed by atoms with Crippen LogP contribution in [0.1, 0.15) is 52.0 Å². The molecule has 1 aromatic rings. The van der Waals surface area contributed by atoms with E-state index < -0.39 is 47.6 Å². The molecule has 1 heterocycles. The van der Waals surface area contributed by atoms with Crippen LogP contribution >= 0.6 is 11.6 Å². The number of carbonyl (C=O) groups is 3. The first-order chi connectivity index (χ1) is 13.0. The van der Waals surface area contributed by atoms with Crippen LogP contribution in [0.5, 0.6) is 0 Å². The van der Waals surface area contributed by atoms with Gasteiger partial charge in [-0.1, -0.05) is 11.6 Å². The second kappa shape index (κ2) is 8.90. The Morgan fingerprint density at radius 1 is 1.29 bits per heavy atom. The molecule has 0 aromatic heterocycles. The van der Waals surface area contributed by atoms with Gasteiger partial charge < -0.3 is 9.47 Å². The summed E-state index contributed by atoms with van der Waals surface area (Å²) in [5, 5.41) is 0.363. The number of hydrogen-bond donors (Lipinski definition) is 0. The molecular weight excluding hydrogens is 389 g/mol. The van der Waals surface area contributed by atoms with Crippen molar-refractivity contribution in [3.8, 4) is 0 Å². The number of carbonyl (C=O) groups excluding carboxylic acids is 3. The van der Waals surface area contributed by atoms with Gasteiger partial charge in [0, 0.05) is 17.5 Å². The molecule has 6 nitrogen and oxygen atoms in total. The molecule has 0 radical (unpaired) electrons. The molecule has 28 heavy (non-hydrogen) atoms. The largest absolute Gasteiger partial charge is 0.466 e. The molecule has 0 aliphatic carbocycles. The van der Waals surface area contributed by atoms with E-state index in [2.05, 4.69) is 0 Å². The quantitative estimate of drug-likeness (QED) is 0.537. The lowest BCUT2D eigenvalue weighted by Crippen LogP contribution is -2.44. The van der Waals surface area contributed by atoms with E-state index in [4.69, 9.17) is 21.1 Å². The van der Waals surface area contributed by atoms with Gasteiger partial charge in [-0.25, -0.2) is 9.18 Å². The summed E-state index contributed by atoms with van der Waals surface area (Å²) >= 11 is 5.98. The van der Waals surface area contributed by atoms with Gasteiger partial charge in [-0.3, -0.25) is 14.5 Å². The Labute approximate surface area is 168 Å². The molecule has 1 amide bonds. The molecule has 0 saturated carbocycles. The smallest absolute Gasteiger partial charge is 0.410 e. The lowest BCUT2D eigenvalue weighted by molar-refractivity contribution is -0.146. The molecule has 1 aliphatic heterocycles. The summed E-state index contributed by atoms with van der Waals surface area (Å²) in [7, 11) is 0. The molecule has 154 valence electrons. The topological polar surface area (TPSA) is 72.9 Å². The van der Waals surface area contributed by atoms with Gasteiger partial charge in [-0.05, 0) is 57.9 Å². The van der Waals surface area contributed by atoms with Crippen molar-refractivity contribution in [2.24, 2.45) is 0 Å². The Hall–Kier alpha value is -2.15. The van der Waals surface area contributed by atoms with E-state index in [-0.39, 0.29) is 19.6 Å². The summed E-state index contributed by atoms with van der Waals surface area (Å²) in [6, 6.07) is 3.28. The number of Topliss-reactive ketones (excluding diaryl/α,β-unsaturated/α-hetero) is 1. The Morgan fingerprint density at radius 2 is 1.96 bits per heavy atom. The fraction of sp³-hybridized carbons (Fsp3) is 0.550. The maximum absolute atomic E-state index is 14.3. The van der Waals surface area contributed by atoms with Crippen molar-refractivity contribution in [1.29, 1.82) is 0 Å². The number of ketones is 1. The third-order valence-electron chi connectivity index (χ3n) is 4.32. The van der Waals surface area contributed by atoms with Crippen LogP contribution in [0.25, 0.3) is 0 Å². The van der Waals surface area contributed by atoms with Crippen molar-refractivity contribution < 1.29 is 28.2 Å². The molecule has 2 rings (SSSR count). The molecule has 1 aliphatic rings. The second-order valence-electron chi connectivity index (χ2n) is 7.70. The highest BCUT2D eigenvalue weighted by atomic mass is 35.5. The van der Waals surface area contributed by atoms with Crippen LogP contribution in [0, 0.1) is 5.82 Å². The second-order valence-corrected chi connectivity index (χ2v) is 8.13. The molecule has 1 fully saturated rings.